The number of amides is 2. The number of aliphatic hydroxyl groups is 1. The molecule has 2 amide bonds. The van der Waals surface area contributed by atoms with Gasteiger partial charge in [-0.25, -0.2) is 4.79 Å². The van der Waals surface area contributed by atoms with Crippen molar-refractivity contribution in [2.45, 2.75) is 26.2 Å². The van der Waals surface area contributed by atoms with E-state index in [1.807, 2.05) is 29.8 Å². The van der Waals surface area contributed by atoms with Gasteiger partial charge >= 0.3 is 6.03 Å². The Hall–Kier alpha value is -2.41. The Morgan fingerprint density at radius 1 is 1.42 bits per heavy atom. The average Bonchev–Trinajstić information content (AvgIpc) is 3.20. The molecule has 2 heterocycles. The topological polar surface area (TPSA) is 83.3 Å². The summed E-state index contributed by atoms with van der Waals surface area (Å²) in [5.74, 6) is 1.69. The number of carbonyl (C=O) groups is 1. The third kappa shape index (κ3) is 4.04. The Balaban J connectivity index is 1.64. The van der Waals surface area contributed by atoms with E-state index in [0.29, 0.717) is 19.0 Å². The Morgan fingerprint density at radius 3 is 2.88 bits per heavy atom. The van der Waals surface area contributed by atoms with Crippen LogP contribution in [0.2, 0.25) is 0 Å². The lowest BCUT2D eigenvalue weighted by Gasteiger charge is -2.18. The van der Waals surface area contributed by atoms with Gasteiger partial charge in [0.1, 0.15) is 12.2 Å². The van der Waals surface area contributed by atoms with Gasteiger partial charge in [0.2, 0.25) is 0 Å². The minimum atomic E-state index is -0.106. The first-order valence-corrected chi connectivity index (χ1v) is 9.07. The van der Waals surface area contributed by atoms with E-state index in [4.69, 9.17) is 0 Å². The van der Waals surface area contributed by atoms with Crippen molar-refractivity contribution in [3.05, 3.63) is 42.0 Å². The normalized spacial score (nSPS) is 21.0. The van der Waals surface area contributed by atoms with Crippen molar-refractivity contribution >= 4 is 11.7 Å². The van der Waals surface area contributed by atoms with Crippen LogP contribution in [0.4, 0.5) is 10.5 Å². The molecule has 3 atom stereocenters. The summed E-state index contributed by atoms with van der Waals surface area (Å²) in [6, 6.07) is 7.84. The molecule has 1 aromatic heterocycles. The molecule has 1 fully saturated rings. The van der Waals surface area contributed by atoms with Crippen molar-refractivity contribution in [3.63, 3.8) is 0 Å². The summed E-state index contributed by atoms with van der Waals surface area (Å²) in [5, 5.41) is 20.4. The van der Waals surface area contributed by atoms with Gasteiger partial charge in [-0.3, -0.25) is 0 Å². The van der Waals surface area contributed by atoms with E-state index in [9.17, 15) is 9.90 Å². The largest absolute Gasteiger partial charge is 0.396 e. The number of aliphatic hydroxyl groups excluding tert-OH is 1. The first kappa shape index (κ1) is 18.4. The van der Waals surface area contributed by atoms with Gasteiger partial charge in [-0.05, 0) is 29.5 Å². The predicted octanol–water partition coefficient (Wildman–Crippen LogP) is 2.25. The Labute approximate surface area is 154 Å². The summed E-state index contributed by atoms with van der Waals surface area (Å²) in [5.41, 5.74) is 1.94. The molecule has 7 nitrogen and oxygen atoms in total. The molecule has 2 aromatic rings. The number of nitrogens with zero attached hydrogens (tertiary/aromatic N) is 4. The van der Waals surface area contributed by atoms with E-state index in [2.05, 4.69) is 35.4 Å². The van der Waals surface area contributed by atoms with Crippen molar-refractivity contribution in [1.29, 1.82) is 0 Å². The maximum absolute atomic E-state index is 12.5. The molecule has 1 aliphatic heterocycles. The molecule has 0 spiro atoms. The van der Waals surface area contributed by atoms with Crippen LogP contribution in [0.5, 0.6) is 0 Å². The van der Waals surface area contributed by atoms with E-state index >= 15 is 0 Å². The molecule has 1 unspecified atom stereocenters. The predicted molar refractivity (Wildman–Crippen MR) is 99.9 cm³/mol. The van der Waals surface area contributed by atoms with Gasteiger partial charge in [-0.2, -0.15) is 0 Å². The van der Waals surface area contributed by atoms with Crippen LogP contribution >= 0.6 is 0 Å². The van der Waals surface area contributed by atoms with E-state index < -0.39 is 0 Å². The smallest absolute Gasteiger partial charge is 0.321 e. The zero-order valence-corrected chi connectivity index (χ0v) is 15.6. The molecule has 0 aliphatic carbocycles. The van der Waals surface area contributed by atoms with Crippen LogP contribution in [0.15, 0.2) is 30.6 Å². The molecule has 1 aliphatic rings. The molecule has 3 rings (SSSR count). The van der Waals surface area contributed by atoms with E-state index in [0.717, 1.165) is 23.5 Å². The number of anilines is 1. The number of likely N-dealkylation sites (tertiary alicyclic amines) is 1. The van der Waals surface area contributed by atoms with Crippen molar-refractivity contribution in [2.24, 2.45) is 18.9 Å². The number of hydrogen-bond acceptors (Lipinski definition) is 4. The van der Waals surface area contributed by atoms with Crippen molar-refractivity contribution in [3.8, 4) is 0 Å². The zero-order chi connectivity index (χ0) is 18.7. The van der Waals surface area contributed by atoms with Gasteiger partial charge in [0, 0.05) is 44.8 Å². The Kier molecular flexibility index (Phi) is 5.56. The monoisotopic (exact) mass is 357 g/mol. The average molecular weight is 357 g/mol. The second kappa shape index (κ2) is 7.86. The standard InChI is InChI=1S/C19H27N5O2/c1-13(7-18-22-20-12-23(18)3)15-5-4-6-17(8-15)21-19(26)24-9-14(2)16(10-24)11-25/h4-6,8,12-14,16,25H,7,9-11H2,1-3H3,(H,21,26)/t13?,14-,16+/m0/s1. The molecule has 0 radical (unpaired) electrons. The number of nitrogens with one attached hydrogen (secondary N) is 1. The maximum atomic E-state index is 12.5. The van der Waals surface area contributed by atoms with Gasteiger partial charge in [0.15, 0.2) is 0 Å². The molecule has 26 heavy (non-hydrogen) atoms. The molecule has 1 aromatic carbocycles. The van der Waals surface area contributed by atoms with Gasteiger partial charge in [-0.15, -0.1) is 10.2 Å². The summed E-state index contributed by atoms with van der Waals surface area (Å²) in [6.07, 6.45) is 2.49. The highest BCUT2D eigenvalue weighted by molar-refractivity contribution is 5.89. The van der Waals surface area contributed by atoms with Crippen LogP contribution in [-0.4, -0.2) is 50.5 Å². The first-order valence-electron chi connectivity index (χ1n) is 9.07. The number of aryl methyl sites for hydroxylation is 1. The fourth-order valence-electron chi connectivity index (χ4n) is 3.45. The molecule has 0 saturated carbocycles. The molecule has 2 N–H and O–H groups in total. The van der Waals surface area contributed by atoms with Crippen LogP contribution < -0.4 is 5.32 Å². The number of rotatable bonds is 5. The van der Waals surface area contributed by atoms with Crippen LogP contribution in [-0.2, 0) is 13.5 Å². The molecule has 7 heteroatoms. The van der Waals surface area contributed by atoms with Crippen LogP contribution in [0.3, 0.4) is 0 Å². The second-order valence-corrected chi connectivity index (χ2v) is 7.34. The fourth-order valence-corrected chi connectivity index (χ4v) is 3.45. The Morgan fingerprint density at radius 2 is 2.23 bits per heavy atom. The number of hydrogen-bond donors (Lipinski definition) is 2. The second-order valence-electron chi connectivity index (χ2n) is 7.34. The van der Waals surface area contributed by atoms with Gasteiger partial charge in [-0.1, -0.05) is 26.0 Å². The highest BCUT2D eigenvalue weighted by Crippen LogP contribution is 2.25. The van der Waals surface area contributed by atoms with Gasteiger partial charge in [0.25, 0.3) is 0 Å². The molecule has 140 valence electrons. The molecule has 1 saturated heterocycles. The summed E-state index contributed by atoms with van der Waals surface area (Å²) >= 11 is 0. The van der Waals surface area contributed by atoms with E-state index in [1.165, 1.54) is 0 Å². The lowest BCUT2D eigenvalue weighted by Crippen LogP contribution is -2.33. The van der Waals surface area contributed by atoms with Crippen LogP contribution in [0, 0.1) is 11.8 Å². The zero-order valence-electron chi connectivity index (χ0n) is 15.6. The molecular formula is C19H27N5O2. The summed E-state index contributed by atoms with van der Waals surface area (Å²) in [6.45, 7) is 5.62. The number of aromatic nitrogens is 3. The van der Waals surface area contributed by atoms with Crippen LogP contribution in [0.1, 0.15) is 31.2 Å². The Bertz CT molecular complexity index is 760. The van der Waals surface area contributed by atoms with Crippen molar-refractivity contribution < 1.29 is 9.90 Å². The van der Waals surface area contributed by atoms with Crippen LogP contribution in [0.25, 0.3) is 0 Å². The maximum Gasteiger partial charge on any atom is 0.321 e. The lowest BCUT2D eigenvalue weighted by atomic mass is 9.97. The van der Waals surface area contributed by atoms with E-state index in [1.54, 1.807) is 11.2 Å². The molecular weight excluding hydrogens is 330 g/mol. The minimum absolute atomic E-state index is 0.106. The van der Waals surface area contributed by atoms with Crippen molar-refractivity contribution in [1.82, 2.24) is 19.7 Å². The lowest BCUT2D eigenvalue weighted by molar-refractivity contribution is 0.202. The highest BCUT2D eigenvalue weighted by Gasteiger charge is 2.31. The third-order valence-electron chi connectivity index (χ3n) is 5.29. The van der Waals surface area contributed by atoms with E-state index in [-0.39, 0.29) is 24.5 Å². The number of urea groups is 1. The summed E-state index contributed by atoms with van der Waals surface area (Å²) < 4.78 is 1.92. The first-order chi connectivity index (χ1) is 12.5. The van der Waals surface area contributed by atoms with Gasteiger partial charge in [0.05, 0.1) is 0 Å². The minimum Gasteiger partial charge on any atom is -0.396 e. The third-order valence-corrected chi connectivity index (χ3v) is 5.29. The summed E-state index contributed by atoms with van der Waals surface area (Å²) in [7, 11) is 1.94. The summed E-state index contributed by atoms with van der Waals surface area (Å²) in [4.78, 5) is 14.3. The van der Waals surface area contributed by atoms with Gasteiger partial charge < -0.3 is 19.9 Å². The SMILES string of the molecule is CC(Cc1nncn1C)c1cccc(NC(=O)N2C[C@H](CO)[C@@H](C)C2)c1. The number of benzene rings is 1. The quantitative estimate of drug-likeness (QED) is 0.860. The molecule has 0 bridgehead atoms. The highest BCUT2D eigenvalue weighted by atomic mass is 16.3. The van der Waals surface area contributed by atoms with Crippen molar-refractivity contribution in [2.75, 3.05) is 25.0 Å². The fraction of sp³-hybridized carbons (Fsp3) is 0.526. The number of carbonyl (C=O) groups excluding carboxylic acids is 1.